The van der Waals surface area contributed by atoms with Gasteiger partial charge in [0.2, 0.25) is 0 Å². The SMILES string of the molecule is CC(C)CC(C)NC(=O)NCC(C)(O)C(=O)O. The van der Waals surface area contributed by atoms with Crippen molar-refractivity contribution in [1.29, 1.82) is 0 Å². The van der Waals surface area contributed by atoms with E-state index in [0.29, 0.717) is 5.92 Å². The zero-order chi connectivity index (χ0) is 13.6. The predicted molar refractivity (Wildman–Crippen MR) is 63.7 cm³/mol. The number of aliphatic hydroxyl groups is 1. The third-order valence-electron chi connectivity index (χ3n) is 2.26. The van der Waals surface area contributed by atoms with Crippen molar-refractivity contribution in [2.24, 2.45) is 5.92 Å². The summed E-state index contributed by atoms with van der Waals surface area (Å²) in [4.78, 5) is 22.0. The lowest BCUT2D eigenvalue weighted by Crippen LogP contribution is -2.50. The molecule has 0 saturated heterocycles. The molecule has 0 saturated carbocycles. The second kappa shape index (κ2) is 6.44. The number of aliphatic carboxylic acids is 1. The van der Waals surface area contributed by atoms with Gasteiger partial charge in [0.1, 0.15) is 0 Å². The van der Waals surface area contributed by atoms with E-state index >= 15 is 0 Å². The molecule has 2 unspecified atom stereocenters. The van der Waals surface area contributed by atoms with Crippen LogP contribution in [0.3, 0.4) is 0 Å². The first-order valence-electron chi connectivity index (χ1n) is 5.65. The predicted octanol–water partition coefficient (Wildman–Crippen LogP) is 0.556. The van der Waals surface area contributed by atoms with Gasteiger partial charge in [0, 0.05) is 6.04 Å². The summed E-state index contributed by atoms with van der Waals surface area (Å²) in [5.41, 5.74) is -1.95. The highest BCUT2D eigenvalue weighted by Gasteiger charge is 2.30. The number of carbonyl (C=O) groups excluding carboxylic acids is 1. The first kappa shape index (κ1) is 15.7. The molecule has 0 rings (SSSR count). The molecule has 6 nitrogen and oxygen atoms in total. The van der Waals surface area contributed by atoms with Crippen molar-refractivity contribution in [2.45, 2.75) is 45.8 Å². The zero-order valence-corrected chi connectivity index (χ0v) is 10.8. The third-order valence-corrected chi connectivity index (χ3v) is 2.26. The molecule has 0 bridgehead atoms. The van der Waals surface area contributed by atoms with E-state index in [1.165, 1.54) is 0 Å². The Hall–Kier alpha value is -1.30. The molecule has 4 N–H and O–H groups in total. The van der Waals surface area contributed by atoms with Gasteiger partial charge in [0.15, 0.2) is 5.60 Å². The summed E-state index contributed by atoms with van der Waals surface area (Å²) in [5.74, 6) is -0.902. The Balaban J connectivity index is 4.00. The van der Waals surface area contributed by atoms with Crippen LogP contribution >= 0.6 is 0 Å². The summed E-state index contributed by atoms with van der Waals surface area (Å²) in [5, 5.41) is 23.0. The minimum atomic E-state index is -1.95. The van der Waals surface area contributed by atoms with Gasteiger partial charge in [0.05, 0.1) is 6.54 Å². The van der Waals surface area contributed by atoms with Crippen molar-refractivity contribution in [3.63, 3.8) is 0 Å². The van der Waals surface area contributed by atoms with Crippen molar-refractivity contribution in [1.82, 2.24) is 10.6 Å². The standard InChI is InChI=1S/C11H22N2O4/c1-7(2)5-8(3)13-10(16)12-6-11(4,17)9(14)15/h7-8,17H,5-6H2,1-4H3,(H,14,15)(H2,12,13,16). The van der Waals surface area contributed by atoms with Gasteiger partial charge in [-0.25, -0.2) is 9.59 Å². The van der Waals surface area contributed by atoms with Crippen LogP contribution in [0.2, 0.25) is 0 Å². The first-order chi connectivity index (χ1) is 7.65. The van der Waals surface area contributed by atoms with Crippen LogP contribution in [-0.2, 0) is 4.79 Å². The lowest BCUT2D eigenvalue weighted by Gasteiger charge is -2.20. The molecule has 17 heavy (non-hydrogen) atoms. The molecule has 100 valence electrons. The van der Waals surface area contributed by atoms with Crippen LogP contribution in [0.4, 0.5) is 4.79 Å². The number of rotatable bonds is 6. The number of amides is 2. The van der Waals surface area contributed by atoms with Crippen molar-refractivity contribution >= 4 is 12.0 Å². The highest BCUT2D eigenvalue weighted by atomic mass is 16.4. The number of carbonyl (C=O) groups is 2. The normalized spacial score (nSPS) is 16.1. The molecule has 0 heterocycles. The fourth-order valence-corrected chi connectivity index (χ4v) is 1.37. The fraction of sp³-hybridized carbons (Fsp3) is 0.818. The fourth-order valence-electron chi connectivity index (χ4n) is 1.37. The second-order valence-corrected chi connectivity index (χ2v) is 4.94. The number of nitrogens with one attached hydrogen (secondary N) is 2. The van der Waals surface area contributed by atoms with E-state index in [0.717, 1.165) is 13.3 Å². The Morgan fingerprint density at radius 3 is 2.24 bits per heavy atom. The van der Waals surface area contributed by atoms with Gasteiger partial charge in [-0.15, -0.1) is 0 Å². The molecule has 0 aliphatic rings. The second-order valence-electron chi connectivity index (χ2n) is 4.94. The molecule has 0 aromatic heterocycles. The van der Waals surface area contributed by atoms with E-state index in [-0.39, 0.29) is 12.6 Å². The van der Waals surface area contributed by atoms with Crippen molar-refractivity contribution in [3.05, 3.63) is 0 Å². The summed E-state index contributed by atoms with van der Waals surface area (Å²) in [6.07, 6.45) is 0.836. The van der Waals surface area contributed by atoms with Crippen LogP contribution in [-0.4, -0.2) is 40.4 Å². The van der Waals surface area contributed by atoms with Crippen molar-refractivity contribution in [2.75, 3.05) is 6.54 Å². The maximum Gasteiger partial charge on any atom is 0.337 e. The molecular weight excluding hydrogens is 224 g/mol. The van der Waals surface area contributed by atoms with Gasteiger partial charge >= 0.3 is 12.0 Å². The van der Waals surface area contributed by atoms with E-state index in [1.807, 2.05) is 20.8 Å². The van der Waals surface area contributed by atoms with Gasteiger partial charge in [0.25, 0.3) is 0 Å². The molecular formula is C11H22N2O4. The monoisotopic (exact) mass is 246 g/mol. The van der Waals surface area contributed by atoms with E-state index in [2.05, 4.69) is 10.6 Å². The molecule has 0 aliphatic carbocycles. The lowest BCUT2D eigenvalue weighted by molar-refractivity contribution is -0.155. The van der Waals surface area contributed by atoms with E-state index in [4.69, 9.17) is 5.11 Å². The highest BCUT2D eigenvalue weighted by Crippen LogP contribution is 2.04. The van der Waals surface area contributed by atoms with E-state index < -0.39 is 17.6 Å². The maximum atomic E-state index is 11.4. The summed E-state index contributed by atoms with van der Waals surface area (Å²) in [7, 11) is 0. The summed E-state index contributed by atoms with van der Waals surface area (Å²) < 4.78 is 0. The van der Waals surface area contributed by atoms with Crippen molar-refractivity contribution < 1.29 is 19.8 Å². The van der Waals surface area contributed by atoms with Crippen LogP contribution in [0, 0.1) is 5.92 Å². The molecule has 6 heteroatoms. The molecule has 2 amide bonds. The summed E-state index contributed by atoms with van der Waals surface area (Å²) in [6.45, 7) is 6.77. The van der Waals surface area contributed by atoms with Crippen LogP contribution in [0.15, 0.2) is 0 Å². The average molecular weight is 246 g/mol. The Morgan fingerprint density at radius 1 is 1.29 bits per heavy atom. The summed E-state index contributed by atoms with van der Waals surface area (Å²) in [6, 6.07) is -0.468. The van der Waals surface area contributed by atoms with Gasteiger partial charge in [-0.1, -0.05) is 13.8 Å². The van der Waals surface area contributed by atoms with Gasteiger partial charge < -0.3 is 20.8 Å². The third kappa shape index (κ3) is 6.78. The number of carboxylic acid groups (broad SMARTS) is 1. The number of carboxylic acids is 1. The minimum Gasteiger partial charge on any atom is -0.479 e. The van der Waals surface area contributed by atoms with E-state index in [1.54, 1.807) is 0 Å². The van der Waals surface area contributed by atoms with Crippen molar-refractivity contribution in [3.8, 4) is 0 Å². The largest absolute Gasteiger partial charge is 0.479 e. The Bertz CT molecular complexity index is 277. The summed E-state index contributed by atoms with van der Waals surface area (Å²) >= 11 is 0. The Labute approximate surface area is 101 Å². The average Bonchev–Trinajstić information content (AvgIpc) is 2.13. The quantitative estimate of drug-likeness (QED) is 0.550. The van der Waals surface area contributed by atoms with Crippen LogP contribution in [0.25, 0.3) is 0 Å². The van der Waals surface area contributed by atoms with Gasteiger partial charge in [-0.05, 0) is 26.2 Å². The zero-order valence-electron chi connectivity index (χ0n) is 10.8. The molecule has 0 aliphatic heterocycles. The molecule has 2 atom stereocenters. The molecule has 0 spiro atoms. The Kier molecular flexibility index (Phi) is 5.95. The highest BCUT2D eigenvalue weighted by molar-refractivity contribution is 5.79. The van der Waals surface area contributed by atoms with Gasteiger partial charge in [-0.2, -0.15) is 0 Å². The van der Waals surface area contributed by atoms with Crippen LogP contribution in [0.1, 0.15) is 34.1 Å². The molecule has 0 fully saturated rings. The number of urea groups is 1. The topological polar surface area (TPSA) is 98.7 Å². The smallest absolute Gasteiger partial charge is 0.337 e. The molecule has 0 aromatic rings. The first-order valence-corrected chi connectivity index (χ1v) is 5.65. The van der Waals surface area contributed by atoms with Crippen LogP contribution in [0.5, 0.6) is 0 Å². The minimum absolute atomic E-state index is 0.00442. The van der Waals surface area contributed by atoms with Gasteiger partial charge in [-0.3, -0.25) is 0 Å². The lowest BCUT2D eigenvalue weighted by atomic mass is 10.1. The maximum absolute atomic E-state index is 11.4. The Morgan fingerprint density at radius 2 is 1.82 bits per heavy atom. The molecule has 0 aromatic carbocycles. The molecule has 0 radical (unpaired) electrons. The number of hydrogen-bond acceptors (Lipinski definition) is 3. The van der Waals surface area contributed by atoms with E-state index in [9.17, 15) is 14.7 Å². The number of hydrogen-bond donors (Lipinski definition) is 4. The van der Waals surface area contributed by atoms with Crippen LogP contribution < -0.4 is 10.6 Å².